The average molecular weight is 334 g/mol. The summed E-state index contributed by atoms with van der Waals surface area (Å²) in [5, 5.41) is 4.87. The summed E-state index contributed by atoms with van der Waals surface area (Å²) >= 11 is 8.21. The van der Waals surface area contributed by atoms with Crippen molar-refractivity contribution in [1.29, 1.82) is 0 Å². The van der Waals surface area contributed by atoms with Crippen LogP contribution in [-0.4, -0.2) is 9.78 Å². The van der Waals surface area contributed by atoms with Crippen molar-refractivity contribution in [2.45, 2.75) is 6.54 Å². The van der Waals surface area contributed by atoms with Gasteiger partial charge in [0.05, 0.1) is 6.54 Å². The highest BCUT2D eigenvalue weighted by Gasteiger charge is 2.02. The monoisotopic (exact) mass is 333 g/mol. The molecule has 1 aromatic carbocycles. The van der Waals surface area contributed by atoms with E-state index in [1.54, 1.807) is 10.7 Å². The quantitative estimate of drug-likeness (QED) is 0.859. The lowest BCUT2D eigenvalue weighted by Gasteiger charge is -2.05. The summed E-state index contributed by atoms with van der Waals surface area (Å²) in [6, 6.07) is 7.59. The molecule has 0 atom stereocenters. The summed E-state index contributed by atoms with van der Waals surface area (Å²) in [4.78, 5) is 0. The van der Waals surface area contributed by atoms with Crippen LogP contribution in [-0.2, 0) is 6.54 Å². The van der Waals surface area contributed by atoms with Crippen LogP contribution in [0.3, 0.4) is 0 Å². The number of rotatable bonds is 2. The molecule has 15 heavy (non-hydrogen) atoms. The van der Waals surface area contributed by atoms with Crippen LogP contribution in [0, 0.1) is 3.57 Å². The summed E-state index contributed by atoms with van der Waals surface area (Å²) in [7, 11) is 0. The fourth-order valence-electron chi connectivity index (χ4n) is 1.30. The molecule has 2 N–H and O–H groups in total. The number of nitrogens with zero attached hydrogens (tertiary/aromatic N) is 2. The third-order valence-electron chi connectivity index (χ3n) is 2.00. The fourth-order valence-corrected chi connectivity index (χ4v) is 2.01. The lowest BCUT2D eigenvalue weighted by molar-refractivity contribution is 0.688. The van der Waals surface area contributed by atoms with Crippen LogP contribution in [0.5, 0.6) is 0 Å². The zero-order valence-electron chi connectivity index (χ0n) is 7.82. The molecule has 0 aliphatic carbocycles. The van der Waals surface area contributed by atoms with E-state index in [1.807, 2.05) is 24.4 Å². The minimum absolute atomic E-state index is 0.534. The first-order valence-corrected chi connectivity index (χ1v) is 5.83. The zero-order valence-corrected chi connectivity index (χ0v) is 10.7. The second-order valence-corrected chi connectivity index (χ2v) is 4.77. The molecule has 2 rings (SSSR count). The van der Waals surface area contributed by atoms with Crippen molar-refractivity contribution < 1.29 is 0 Å². The maximum absolute atomic E-state index is 5.93. The lowest BCUT2D eigenvalue weighted by atomic mass is 10.2. The Balaban J connectivity index is 2.27. The van der Waals surface area contributed by atoms with E-state index in [1.165, 1.54) is 3.57 Å². The Morgan fingerprint density at radius 3 is 2.87 bits per heavy atom. The van der Waals surface area contributed by atoms with Gasteiger partial charge in [0.25, 0.3) is 0 Å². The minimum atomic E-state index is 0.534. The molecule has 0 radical (unpaired) electrons. The number of benzene rings is 1. The maximum Gasteiger partial charge on any atom is 0.145 e. The Morgan fingerprint density at radius 1 is 1.40 bits per heavy atom. The van der Waals surface area contributed by atoms with E-state index in [-0.39, 0.29) is 0 Å². The van der Waals surface area contributed by atoms with Gasteiger partial charge in [-0.1, -0.05) is 11.6 Å². The van der Waals surface area contributed by atoms with Crippen LogP contribution < -0.4 is 5.73 Å². The highest BCUT2D eigenvalue weighted by Crippen LogP contribution is 2.18. The second kappa shape index (κ2) is 4.40. The van der Waals surface area contributed by atoms with Crippen molar-refractivity contribution in [3.63, 3.8) is 0 Å². The Bertz CT molecular complexity index is 481. The molecule has 0 aliphatic heterocycles. The Kier molecular flexibility index (Phi) is 3.16. The van der Waals surface area contributed by atoms with Crippen molar-refractivity contribution in [3.05, 3.63) is 44.6 Å². The predicted molar refractivity (Wildman–Crippen MR) is 69.9 cm³/mol. The van der Waals surface area contributed by atoms with E-state index in [2.05, 4.69) is 27.7 Å². The Labute approximate surface area is 106 Å². The molecule has 78 valence electrons. The molecule has 0 unspecified atom stereocenters. The SMILES string of the molecule is Nc1ccn(Cc2cc(Cl)ccc2I)n1. The molecule has 0 spiro atoms. The molecular formula is C10H9ClIN3. The number of hydrogen-bond acceptors (Lipinski definition) is 2. The van der Waals surface area contributed by atoms with E-state index in [0.29, 0.717) is 12.4 Å². The molecule has 0 fully saturated rings. The first-order chi connectivity index (χ1) is 7.15. The summed E-state index contributed by atoms with van der Waals surface area (Å²) in [5.74, 6) is 0.534. The van der Waals surface area contributed by atoms with Crippen molar-refractivity contribution in [2.24, 2.45) is 0 Å². The van der Waals surface area contributed by atoms with Gasteiger partial charge in [-0.15, -0.1) is 0 Å². The Morgan fingerprint density at radius 2 is 2.20 bits per heavy atom. The van der Waals surface area contributed by atoms with Crippen LogP contribution in [0.1, 0.15) is 5.56 Å². The predicted octanol–water partition coefficient (Wildman–Crippen LogP) is 2.77. The van der Waals surface area contributed by atoms with Crippen molar-refractivity contribution in [3.8, 4) is 0 Å². The van der Waals surface area contributed by atoms with Crippen LogP contribution >= 0.6 is 34.2 Å². The molecule has 0 saturated heterocycles. The van der Waals surface area contributed by atoms with E-state index in [9.17, 15) is 0 Å². The molecule has 5 heteroatoms. The summed E-state index contributed by atoms with van der Waals surface area (Å²) in [6.45, 7) is 0.691. The van der Waals surface area contributed by atoms with Crippen molar-refractivity contribution in [1.82, 2.24) is 9.78 Å². The smallest absolute Gasteiger partial charge is 0.145 e. The van der Waals surface area contributed by atoms with Crippen molar-refractivity contribution >= 4 is 40.0 Å². The molecule has 2 aromatic rings. The van der Waals surface area contributed by atoms with Gasteiger partial charge in [0.2, 0.25) is 0 Å². The first kappa shape index (κ1) is 10.8. The van der Waals surface area contributed by atoms with Gasteiger partial charge in [-0.25, -0.2) is 0 Å². The number of hydrogen-bond donors (Lipinski definition) is 1. The highest BCUT2D eigenvalue weighted by atomic mass is 127. The zero-order chi connectivity index (χ0) is 10.8. The number of anilines is 1. The van der Waals surface area contributed by atoms with E-state index >= 15 is 0 Å². The second-order valence-electron chi connectivity index (χ2n) is 3.17. The minimum Gasteiger partial charge on any atom is -0.382 e. The van der Waals surface area contributed by atoms with Crippen LogP contribution in [0.15, 0.2) is 30.5 Å². The highest BCUT2D eigenvalue weighted by molar-refractivity contribution is 14.1. The van der Waals surface area contributed by atoms with Gasteiger partial charge >= 0.3 is 0 Å². The molecular weight excluding hydrogens is 324 g/mol. The van der Waals surface area contributed by atoms with Crippen LogP contribution in [0.2, 0.25) is 5.02 Å². The molecule has 0 saturated carbocycles. The lowest BCUT2D eigenvalue weighted by Crippen LogP contribution is -2.02. The third-order valence-corrected chi connectivity index (χ3v) is 3.29. The number of nitrogen functional groups attached to an aromatic ring is 1. The van der Waals surface area contributed by atoms with Gasteiger partial charge in [-0.3, -0.25) is 4.68 Å². The summed E-state index contributed by atoms with van der Waals surface area (Å²) < 4.78 is 2.97. The van der Waals surface area contributed by atoms with Gasteiger partial charge in [-0.05, 0) is 52.4 Å². The van der Waals surface area contributed by atoms with Gasteiger partial charge in [-0.2, -0.15) is 5.10 Å². The standard InChI is InChI=1S/C10H9ClIN3/c11-8-1-2-9(12)7(5-8)6-15-4-3-10(13)14-15/h1-5H,6H2,(H2,13,14). The molecule has 0 bridgehead atoms. The number of nitrogens with two attached hydrogens (primary N) is 1. The van der Waals surface area contributed by atoms with E-state index < -0.39 is 0 Å². The van der Waals surface area contributed by atoms with E-state index in [0.717, 1.165) is 10.6 Å². The van der Waals surface area contributed by atoms with Crippen LogP contribution in [0.25, 0.3) is 0 Å². The Hall–Kier alpha value is -0.750. The number of halogens is 2. The third kappa shape index (κ3) is 2.63. The van der Waals surface area contributed by atoms with Gasteiger partial charge in [0.15, 0.2) is 0 Å². The molecule has 1 heterocycles. The molecule has 0 amide bonds. The summed E-state index contributed by atoms with van der Waals surface area (Å²) in [5.41, 5.74) is 6.68. The average Bonchev–Trinajstić information content (AvgIpc) is 2.58. The fraction of sp³-hybridized carbons (Fsp3) is 0.100. The molecule has 0 aliphatic rings. The summed E-state index contributed by atoms with van der Waals surface area (Å²) in [6.07, 6.45) is 1.85. The normalized spacial score (nSPS) is 10.5. The largest absolute Gasteiger partial charge is 0.382 e. The van der Waals surface area contributed by atoms with Crippen LogP contribution in [0.4, 0.5) is 5.82 Å². The molecule has 1 aromatic heterocycles. The topological polar surface area (TPSA) is 43.8 Å². The first-order valence-electron chi connectivity index (χ1n) is 4.38. The maximum atomic E-state index is 5.93. The van der Waals surface area contributed by atoms with E-state index in [4.69, 9.17) is 17.3 Å². The molecule has 3 nitrogen and oxygen atoms in total. The number of aromatic nitrogens is 2. The van der Waals surface area contributed by atoms with Crippen molar-refractivity contribution in [2.75, 3.05) is 5.73 Å². The van der Waals surface area contributed by atoms with Gasteiger partial charge in [0, 0.05) is 14.8 Å². The van der Waals surface area contributed by atoms with Gasteiger partial charge in [0.1, 0.15) is 5.82 Å². The van der Waals surface area contributed by atoms with Gasteiger partial charge < -0.3 is 5.73 Å².